The smallest absolute Gasteiger partial charge is 0.231 e. The van der Waals surface area contributed by atoms with Gasteiger partial charge in [-0.2, -0.15) is 0 Å². The minimum atomic E-state index is -2.34. The summed E-state index contributed by atoms with van der Waals surface area (Å²) in [6, 6.07) is 13.6. The zero-order chi connectivity index (χ0) is 29.3. The number of hydrogen-bond acceptors (Lipinski definition) is 10. The Labute approximate surface area is 236 Å². The zero-order valence-electron chi connectivity index (χ0n) is 23.2. The molecule has 11 nitrogen and oxygen atoms in total. The summed E-state index contributed by atoms with van der Waals surface area (Å²) in [6.07, 6.45) is -1.73. The number of carbonyl (C=O) groups excluding carboxylic acids is 1. The second-order valence-electron chi connectivity index (χ2n) is 10.4. The topological polar surface area (TPSA) is 136 Å². The Balaban J connectivity index is 1.76. The van der Waals surface area contributed by atoms with E-state index in [0.717, 1.165) is 0 Å². The molecule has 216 valence electrons. The first kappa shape index (κ1) is 26.9. The Morgan fingerprint density at radius 1 is 0.976 bits per heavy atom. The van der Waals surface area contributed by atoms with E-state index in [1.54, 1.807) is 50.5 Å². The monoisotopic (exact) mass is 565 g/mol. The maximum atomic E-state index is 13.9. The van der Waals surface area contributed by atoms with Gasteiger partial charge in [0, 0.05) is 31.6 Å². The summed E-state index contributed by atoms with van der Waals surface area (Å²) in [7, 11) is 7.34. The first-order valence-electron chi connectivity index (χ1n) is 13.0. The van der Waals surface area contributed by atoms with Gasteiger partial charge in [-0.25, -0.2) is 0 Å². The number of ether oxygens (including phenoxy) is 6. The zero-order valence-corrected chi connectivity index (χ0v) is 23.2. The molecule has 3 N–H and O–H groups in total. The van der Waals surface area contributed by atoms with Crippen molar-refractivity contribution in [2.24, 2.45) is 5.92 Å². The molecule has 2 aliphatic heterocycles. The molecule has 0 unspecified atom stereocenters. The fourth-order valence-electron chi connectivity index (χ4n) is 6.74. The lowest BCUT2D eigenvalue weighted by atomic mass is 9.70. The standard InChI is InChI=1S/C30H31NO10/c1-31(2)28(34)20-21(15-9-7-6-8-10-15)30(16-11-12-17(36-3)24(37-4)23(16)32)29(35,27(20)33)22-18(41-30)13-19-25(26(22)38-5)40-14-39-19/h6-13,20-21,27,32-33,35H,14H2,1-5H3/t20-,21-,27-,29+,30+/m1/s1. The summed E-state index contributed by atoms with van der Waals surface area (Å²) in [5.74, 6) is -2.07. The van der Waals surface area contributed by atoms with Gasteiger partial charge >= 0.3 is 0 Å². The second-order valence-corrected chi connectivity index (χ2v) is 10.4. The van der Waals surface area contributed by atoms with Gasteiger partial charge < -0.3 is 48.6 Å². The van der Waals surface area contributed by atoms with Crippen molar-refractivity contribution in [2.75, 3.05) is 42.2 Å². The highest BCUT2D eigenvalue weighted by molar-refractivity contribution is 5.83. The highest BCUT2D eigenvalue weighted by atomic mass is 16.7. The van der Waals surface area contributed by atoms with E-state index in [-0.39, 0.29) is 52.4 Å². The molecule has 0 saturated heterocycles. The molecule has 1 saturated carbocycles. The van der Waals surface area contributed by atoms with Crippen LogP contribution in [0.1, 0.15) is 22.6 Å². The fourth-order valence-corrected chi connectivity index (χ4v) is 6.74. The lowest BCUT2D eigenvalue weighted by Gasteiger charge is -2.41. The second kappa shape index (κ2) is 9.35. The number of aromatic hydroxyl groups is 1. The first-order chi connectivity index (χ1) is 19.7. The number of phenolic OH excluding ortho intramolecular Hbond substituents is 1. The Bertz CT molecular complexity index is 1530. The lowest BCUT2D eigenvalue weighted by molar-refractivity contribution is -0.156. The molecule has 1 fully saturated rings. The minimum absolute atomic E-state index is 0.00825. The Kier molecular flexibility index (Phi) is 6.13. The molecule has 11 heteroatoms. The summed E-state index contributed by atoms with van der Waals surface area (Å²) >= 11 is 0. The summed E-state index contributed by atoms with van der Waals surface area (Å²) in [6.45, 7) is -0.0778. The van der Waals surface area contributed by atoms with Crippen LogP contribution in [0.3, 0.4) is 0 Å². The number of amides is 1. The molecule has 1 aliphatic carbocycles. The predicted octanol–water partition coefficient (Wildman–Crippen LogP) is 2.48. The van der Waals surface area contributed by atoms with Gasteiger partial charge in [0.05, 0.1) is 32.8 Å². The SMILES string of the molecule is COc1ccc([C@@]23Oc4cc5c(c(OC)c4[C@]2(O)[C@H](O)[C@H](C(=O)N(C)C)[C@H]3c2ccccc2)OCO5)c(O)c1OC. The molecule has 3 aromatic rings. The van der Waals surface area contributed by atoms with Gasteiger partial charge in [0.2, 0.25) is 24.2 Å². The van der Waals surface area contributed by atoms with Gasteiger partial charge in [-0.1, -0.05) is 30.3 Å². The largest absolute Gasteiger partial charge is 0.504 e. The van der Waals surface area contributed by atoms with Gasteiger partial charge in [0.1, 0.15) is 11.9 Å². The van der Waals surface area contributed by atoms with E-state index in [2.05, 4.69) is 0 Å². The van der Waals surface area contributed by atoms with Crippen LogP contribution >= 0.6 is 0 Å². The summed E-state index contributed by atoms with van der Waals surface area (Å²) < 4.78 is 34.7. The van der Waals surface area contributed by atoms with Crippen molar-refractivity contribution >= 4 is 5.91 Å². The number of aliphatic hydroxyl groups excluding tert-OH is 1. The Morgan fingerprint density at radius 2 is 1.68 bits per heavy atom. The molecule has 3 aromatic carbocycles. The van der Waals surface area contributed by atoms with Gasteiger partial charge in [-0.3, -0.25) is 4.79 Å². The van der Waals surface area contributed by atoms with Crippen LogP contribution in [0.15, 0.2) is 48.5 Å². The molecule has 1 amide bonds. The molecule has 0 radical (unpaired) electrons. The number of benzene rings is 3. The van der Waals surface area contributed by atoms with E-state index >= 15 is 0 Å². The van der Waals surface area contributed by atoms with Crippen molar-refractivity contribution in [3.8, 4) is 40.2 Å². The molecule has 2 heterocycles. The highest BCUT2D eigenvalue weighted by Crippen LogP contribution is 2.73. The molecule has 0 aromatic heterocycles. The number of phenols is 1. The van der Waals surface area contributed by atoms with Crippen LogP contribution in [0.4, 0.5) is 0 Å². The average Bonchev–Trinajstić information content (AvgIpc) is 3.60. The highest BCUT2D eigenvalue weighted by Gasteiger charge is 2.79. The minimum Gasteiger partial charge on any atom is -0.504 e. The third-order valence-corrected chi connectivity index (χ3v) is 8.38. The summed E-state index contributed by atoms with van der Waals surface area (Å²) in [5, 5.41) is 36.9. The normalized spacial score (nSPS) is 27.0. The van der Waals surface area contributed by atoms with Crippen molar-refractivity contribution in [3.63, 3.8) is 0 Å². The van der Waals surface area contributed by atoms with E-state index in [1.165, 1.54) is 32.3 Å². The van der Waals surface area contributed by atoms with E-state index in [9.17, 15) is 20.1 Å². The van der Waals surface area contributed by atoms with Gasteiger partial charge in [-0.05, 0) is 17.7 Å². The average molecular weight is 566 g/mol. The summed E-state index contributed by atoms with van der Waals surface area (Å²) in [4.78, 5) is 15.2. The van der Waals surface area contributed by atoms with Crippen LogP contribution in [0, 0.1) is 5.92 Å². The molecule has 0 bridgehead atoms. The number of aliphatic hydroxyl groups is 2. The van der Waals surface area contributed by atoms with E-state index in [0.29, 0.717) is 11.3 Å². The van der Waals surface area contributed by atoms with Crippen LogP contribution in [0.2, 0.25) is 0 Å². The molecular weight excluding hydrogens is 534 g/mol. The maximum Gasteiger partial charge on any atom is 0.231 e. The van der Waals surface area contributed by atoms with Crippen LogP contribution in [0.5, 0.6) is 40.2 Å². The predicted molar refractivity (Wildman–Crippen MR) is 144 cm³/mol. The van der Waals surface area contributed by atoms with Crippen molar-refractivity contribution < 1.29 is 48.5 Å². The van der Waals surface area contributed by atoms with Crippen molar-refractivity contribution in [2.45, 2.75) is 23.2 Å². The Morgan fingerprint density at radius 3 is 2.32 bits per heavy atom. The van der Waals surface area contributed by atoms with Crippen molar-refractivity contribution in [3.05, 3.63) is 65.2 Å². The molecule has 5 atom stereocenters. The van der Waals surface area contributed by atoms with E-state index in [1.807, 2.05) is 6.07 Å². The van der Waals surface area contributed by atoms with E-state index in [4.69, 9.17) is 28.4 Å². The van der Waals surface area contributed by atoms with Crippen LogP contribution in [-0.4, -0.2) is 74.4 Å². The fraction of sp³-hybridized carbons (Fsp3) is 0.367. The third kappa shape index (κ3) is 3.30. The number of rotatable bonds is 6. The number of carbonyl (C=O) groups is 1. The third-order valence-electron chi connectivity index (χ3n) is 8.38. The molecule has 3 aliphatic rings. The van der Waals surface area contributed by atoms with Crippen LogP contribution in [-0.2, 0) is 16.0 Å². The lowest BCUT2D eigenvalue weighted by Crippen LogP contribution is -2.52. The Hall–Kier alpha value is -4.35. The van der Waals surface area contributed by atoms with Crippen LogP contribution in [0.25, 0.3) is 0 Å². The number of nitrogens with zero attached hydrogens (tertiary/aromatic N) is 1. The summed E-state index contributed by atoms with van der Waals surface area (Å²) in [5.41, 5.74) is -3.59. The van der Waals surface area contributed by atoms with Crippen molar-refractivity contribution in [1.82, 2.24) is 4.90 Å². The molecule has 41 heavy (non-hydrogen) atoms. The number of methoxy groups -OCH3 is 3. The number of fused-ring (bicyclic) bond motifs is 4. The quantitative estimate of drug-likeness (QED) is 0.409. The maximum absolute atomic E-state index is 13.9. The molecular formula is C30H31NO10. The van der Waals surface area contributed by atoms with Gasteiger partial charge in [0.15, 0.2) is 34.2 Å². The van der Waals surface area contributed by atoms with Gasteiger partial charge in [0.25, 0.3) is 0 Å². The van der Waals surface area contributed by atoms with Gasteiger partial charge in [-0.15, -0.1) is 0 Å². The molecule has 6 rings (SSSR count). The van der Waals surface area contributed by atoms with E-state index < -0.39 is 35.0 Å². The first-order valence-corrected chi connectivity index (χ1v) is 13.0. The molecule has 0 spiro atoms. The van der Waals surface area contributed by atoms with Crippen LogP contribution < -0.4 is 28.4 Å². The number of hydrogen-bond donors (Lipinski definition) is 3. The van der Waals surface area contributed by atoms with Crippen molar-refractivity contribution in [1.29, 1.82) is 0 Å².